The molecule has 150 valence electrons. The Balaban J connectivity index is 1.37. The minimum absolute atomic E-state index is 0.0104. The zero-order chi connectivity index (χ0) is 19.7. The largest absolute Gasteiger partial charge is 0.390 e. The lowest BCUT2D eigenvalue weighted by molar-refractivity contribution is 0.0693. The molecule has 0 bridgehead atoms. The highest BCUT2D eigenvalue weighted by atomic mass is 32.2. The van der Waals surface area contributed by atoms with Gasteiger partial charge in [0.2, 0.25) is 10.0 Å². The van der Waals surface area contributed by atoms with Crippen molar-refractivity contribution in [2.24, 2.45) is 5.16 Å². The fourth-order valence-corrected chi connectivity index (χ4v) is 4.33. The van der Waals surface area contributed by atoms with Gasteiger partial charge in [-0.2, -0.15) is 4.31 Å². The van der Waals surface area contributed by atoms with Gasteiger partial charge in [0.15, 0.2) is 12.4 Å². The molecular weight excluding hydrogens is 387 g/mol. The first-order chi connectivity index (χ1) is 13.4. The molecule has 1 saturated heterocycles. The molecule has 0 spiro atoms. The maximum Gasteiger partial charge on any atom is 0.213 e. The summed E-state index contributed by atoms with van der Waals surface area (Å²) in [6, 6.07) is 7.63. The van der Waals surface area contributed by atoms with Gasteiger partial charge in [0, 0.05) is 31.4 Å². The number of hydrogen-bond acceptors (Lipinski definition) is 7. The van der Waals surface area contributed by atoms with Gasteiger partial charge < -0.3 is 9.74 Å². The fraction of sp³-hybridized carbons (Fsp3) is 0.471. The lowest BCUT2D eigenvalue weighted by Gasteiger charge is -2.37. The summed E-state index contributed by atoms with van der Waals surface area (Å²) in [5.41, 5.74) is 2.64. The summed E-state index contributed by atoms with van der Waals surface area (Å²) in [5, 5.41) is 11.9. The third-order valence-corrected chi connectivity index (χ3v) is 6.12. The average molecular weight is 408 g/mol. The molecule has 2 atom stereocenters. The number of nitrogens with zero attached hydrogens (tertiary/aromatic N) is 6. The molecule has 0 radical (unpaired) electrons. The third kappa shape index (κ3) is 3.99. The number of anilines is 1. The van der Waals surface area contributed by atoms with E-state index in [-0.39, 0.29) is 19.2 Å². The Morgan fingerprint density at radius 3 is 2.68 bits per heavy atom. The summed E-state index contributed by atoms with van der Waals surface area (Å²) in [7, 11) is -3.53. The monoisotopic (exact) mass is 408 g/mol. The van der Waals surface area contributed by atoms with E-state index < -0.39 is 16.3 Å². The van der Waals surface area contributed by atoms with Crippen molar-refractivity contribution in [2.45, 2.75) is 25.4 Å². The van der Waals surface area contributed by atoms with Crippen molar-refractivity contribution in [3.63, 3.8) is 0 Å². The first-order valence-electron chi connectivity index (χ1n) is 8.93. The van der Waals surface area contributed by atoms with Crippen LogP contribution in [0.3, 0.4) is 0 Å². The van der Waals surface area contributed by atoms with E-state index in [9.17, 15) is 12.8 Å². The second-order valence-electron chi connectivity index (χ2n) is 6.90. The Morgan fingerprint density at radius 1 is 1.25 bits per heavy atom. The van der Waals surface area contributed by atoms with Crippen LogP contribution in [0.1, 0.15) is 12.0 Å². The molecule has 0 N–H and O–H groups in total. The molecule has 9 nitrogen and oxygen atoms in total. The van der Waals surface area contributed by atoms with Gasteiger partial charge in [0.25, 0.3) is 0 Å². The van der Waals surface area contributed by atoms with Crippen LogP contribution in [0.4, 0.5) is 10.1 Å². The minimum Gasteiger partial charge on any atom is -0.390 e. The Morgan fingerprint density at radius 2 is 2.04 bits per heavy atom. The van der Waals surface area contributed by atoms with E-state index in [0.717, 1.165) is 27.5 Å². The quantitative estimate of drug-likeness (QED) is 0.681. The van der Waals surface area contributed by atoms with Crippen LogP contribution in [-0.2, 0) is 21.4 Å². The van der Waals surface area contributed by atoms with Crippen LogP contribution >= 0.6 is 0 Å². The van der Waals surface area contributed by atoms with Gasteiger partial charge in [-0.05, 0) is 17.7 Å². The number of alkyl halides is 1. The lowest BCUT2D eigenvalue weighted by Crippen LogP contribution is -2.53. The summed E-state index contributed by atoms with van der Waals surface area (Å²) in [4.78, 5) is 7.32. The smallest absolute Gasteiger partial charge is 0.213 e. The van der Waals surface area contributed by atoms with Crippen molar-refractivity contribution in [3.05, 3.63) is 42.2 Å². The Kier molecular flexibility index (Phi) is 5.02. The van der Waals surface area contributed by atoms with Crippen LogP contribution in [-0.4, -0.2) is 71.7 Å². The zero-order valence-electron chi connectivity index (χ0n) is 15.3. The van der Waals surface area contributed by atoms with Gasteiger partial charge in [-0.25, -0.2) is 17.5 Å². The standard InChI is InChI=1S/C17H21FN6O3S/c1-28(25,26)24-9-8-22(12-17(24)18)14-4-2-13(3-5-14)16-10-15(27-20-16)11-23-7-6-19-21-23/h2-7,15,17H,8-12H2,1H3. The normalized spacial score (nSPS) is 23.5. The van der Waals surface area contributed by atoms with Crippen molar-refractivity contribution in [3.8, 4) is 0 Å². The topological polar surface area (TPSA) is 92.9 Å². The molecule has 1 aromatic carbocycles. The Labute approximate surface area is 162 Å². The molecule has 0 aliphatic carbocycles. The molecule has 0 saturated carbocycles. The SMILES string of the molecule is CS(=O)(=O)N1CCN(c2ccc(C3=NOC(Cn4ccnn4)C3)cc2)CC1F. The number of aromatic nitrogens is 3. The van der Waals surface area contributed by atoms with Crippen molar-refractivity contribution < 1.29 is 17.6 Å². The van der Waals surface area contributed by atoms with Crippen LogP contribution in [0, 0.1) is 0 Å². The highest BCUT2D eigenvalue weighted by Crippen LogP contribution is 2.24. The fourth-order valence-electron chi connectivity index (χ4n) is 3.43. The summed E-state index contributed by atoms with van der Waals surface area (Å²) in [6.07, 6.45) is 3.45. The number of hydrogen-bond donors (Lipinski definition) is 0. The highest BCUT2D eigenvalue weighted by Gasteiger charge is 2.33. The molecule has 2 unspecified atom stereocenters. The Bertz CT molecular complexity index is 948. The van der Waals surface area contributed by atoms with Gasteiger partial charge >= 0.3 is 0 Å². The zero-order valence-corrected chi connectivity index (χ0v) is 16.2. The van der Waals surface area contributed by atoms with Crippen LogP contribution in [0.5, 0.6) is 0 Å². The molecule has 0 amide bonds. The Hall–Kier alpha value is -2.53. The number of benzene rings is 1. The van der Waals surface area contributed by atoms with Crippen LogP contribution < -0.4 is 4.90 Å². The van der Waals surface area contributed by atoms with Crippen molar-refractivity contribution in [1.82, 2.24) is 19.3 Å². The predicted octanol–water partition coefficient (Wildman–Crippen LogP) is 0.848. The summed E-state index contributed by atoms with van der Waals surface area (Å²) in [6.45, 7) is 1.16. The number of sulfonamides is 1. The second kappa shape index (κ2) is 7.47. The van der Waals surface area contributed by atoms with Crippen LogP contribution in [0.25, 0.3) is 0 Å². The first-order valence-corrected chi connectivity index (χ1v) is 10.8. The van der Waals surface area contributed by atoms with E-state index in [2.05, 4.69) is 15.5 Å². The van der Waals surface area contributed by atoms with E-state index in [4.69, 9.17) is 4.84 Å². The average Bonchev–Trinajstić information content (AvgIpc) is 3.33. The molecule has 4 rings (SSSR count). The third-order valence-electron chi connectivity index (χ3n) is 4.86. The van der Waals surface area contributed by atoms with Crippen LogP contribution in [0.2, 0.25) is 0 Å². The van der Waals surface area contributed by atoms with E-state index >= 15 is 0 Å². The van der Waals surface area contributed by atoms with E-state index in [1.54, 1.807) is 17.1 Å². The highest BCUT2D eigenvalue weighted by molar-refractivity contribution is 7.88. The number of oxime groups is 1. The van der Waals surface area contributed by atoms with Gasteiger partial charge in [-0.15, -0.1) is 5.10 Å². The van der Waals surface area contributed by atoms with Gasteiger partial charge in [-0.3, -0.25) is 0 Å². The molecule has 2 aliphatic rings. The molecule has 2 aromatic rings. The van der Waals surface area contributed by atoms with Crippen molar-refractivity contribution >= 4 is 21.4 Å². The van der Waals surface area contributed by atoms with E-state index in [1.165, 1.54) is 0 Å². The molecule has 2 aliphatic heterocycles. The maximum atomic E-state index is 14.3. The molecule has 3 heterocycles. The summed E-state index contributed by atoms with van der Waals surface area (Å²) >= 11 is 0. The second-order valence-corrected chi connectivity index (χ2v) is 8.83. The molecule has 1 aromatic heterocycles. The molecular formula is C17H21FN6O3S. The summed E-state index contributed by atoms with van der Waals surface area (Å²) in [5.74, 6) is 0. The van der Waals surface area contributed by atoms with Crippen LogP contribution in [0.15, 0.2) is 41.8 Å². The van der Waals surface area contributed by atoms with Gasteiger partial charge in [0.1, 0.15) is 0 Å². The van der Waals surface area contributed by atoms with Crippen molar-refractivity contribution in [2.75, 3.05) is 30.8 Å². The molecule has 1 fully saturated rings. The first kappa shape index (κ1) is 18.8. The maximum absolute atomic E-state index is 14.3. The van der Waals surface area contributed by atoms with Crippen molar-refractivity contribution in [1.29, 1.82) is 0 Å². The number of rotatable bonds is 5. The van der Waals surface area contributed by atoms with E-state index in [1.807, 2.05) is 29.2 Å². The number of piperazine rings is 1. The predicted molar refractivity (Wildman–Crippen MR) is 101 cm³/mol. The van der Waals surface area contributed by atoms with Gasteiger partial charge in [-0.1, -0.05) is 22.5 Å². The summed E-state index contributed by atoms with van der Waals surface area (Å²) < 4.78 is 40.0. The molecule has 28 heavy (non-hydrogen) atoms. The minimum atomic E-state index is -3.53. The van der Waals surface area contributed by atoms with E-state index in [0.29, 0.717) is 19.5 Å². The lowest BCUT2D eigenvalue weighted by atomic mass is 10.0. The van der Waals surface area contributed by atoms with Gasteiger partial charge in [0.05, 0.1) is 31.3 Å². The molecule has 11 heteroatoms. The number of halogens is 1.